The van der Waals surface area contributed by atoms with Gasteiger partial charge in [-0.05, 0) is 6.42 Å². The molecule has 1 amide bonds. The Labute approximate surface area is 131 Å². The lowest BCUT2D eigenvalue weighted by atomic mass is 10.5. The first-order valence-corrected chi connectivity index (χ1v) is 7.34. The van der Waals surface area contributed by atoms with Crippen molar-refractivity contribution in [2.45, 2.75) is 20.8 Å². The zero-order valence-electron chi connectivity index (χ0n) is 14.2. The predicted molar refractivity (Wildman–Crippen MR) is 88.7 cm³/mol. The van der Waals surface area contributed by atoms with Crippen LogP contribution in [0, 0.1) is 0 Å². The van der Waals surface area contributed by atoms with E-state index >= 15 is 0 Å². The van der Waals surface area contributed by atoms with Crippen LogP contribution in [0.15, 0.2) is 0 Å². The summed E-state index contributed by atoms with van der Waals surface area (Å²) in [5.74, 6) is 0.0419. The monoisotopic (exact) mass is 306 g/mol. The number of quaternary nitrogens is 2. The number of rotatable bonds is 11. The van der Waals surface area contributed by atoms with Gasteiger partial charge in [0.1, 0.15) is 13.2 Å². The second kappa shape index (κ2) is 11.0. The van der Waals surface area contributed by atoms with Gasteiger partial charge in [-0.1, -0.05) is 14.4 Å². The summed E-state index contributed by atoms with van der Waals surface area (Å²) in [4.78, 5) is 11.7. The highest BCUT2D eigenvalue weighted by Crippen LogP contribution is 1.94. The van der Waals surface area contributed by atoms with Crippen LogP contribution in [0.3, 0.4) is 0 Å². The standard InChI is InChI=1S/C14H33N4O2.CH4/c1-7-9-20-10-8-18(5,6)12-15-11-14(19)16-13-17(2,3)4;/h15H,7-13H2,1-6H3;1H4/q+1;/p+1. The maximum absolute atomic E-state index is 11.7. The summed E-state index contributed by atoms with van der Waals surface area (Å²) in [6.07, 6.45) is 1.05. The Morgan fingerprint density at radius 2 is 1.67 bits per heavy atom. The van der Waals surface area contributed by atoms with Crippen LogP contribution in [-0.2, 0) is 9.53 Å². The predicted octanol–water partition coefficient (Wildman–Crippen LogP) is 0.453. The molecule has 0 spiro atoms. The van der Waals surface area contributed by atoms with Gasteiger partial charge in [-0.2, -0.15) is 0 Å². The quantitative estimate of drug-likeness (QED) is 0.331. The molecule has 6 nitrogen and oxygen atoms in total. The summed E-state index contributed by atoms with van der Waals surface area (Å²) in [5, 5.41) is 6.11. The van der Waals surface area contributed by atoms with Crippen LogP contribution >= 0.6 is 0 Å². The van der Waals surface area contributed by atoms with E-state index in [1.54, 1.807) is 0 Å². The Morgan fingerprint density at radius 1 is 1.05 bits per heavy atom. The second-order valence-electron chi connectivity index (χ2n) is 6.90. The van der Waals surface area contributed by atoms with Crippen molar-refractivity contribution >= 4 is 5.91 Å². The molecule has 0 radical (unpaired) electrons. The minimum atomic E-state index is 0. The Hall–Kier alpha value is -0.690. The lowest BCUT2D eigenvalue weighted by Gasteiger charge is -2.30. The van der Waals surface area contributed by atoms with Gasteiger partial charge in [0.2, 0.25) is 5.91 Å². The minimum Gasteiger partial charge on any atom is -0.376 e. The van der Waals surface area contributed by atoms with Gasteiger partial charge >= 0.3 is 0 Å². The van der Waals surface area contributed by atoms with E-state index in [0.717, 1.165) is 41.8 Å². The summed E-state index contributed by atoms with van der Waals surface area (Å²) in [5.41, 5.74) is 0. The molecule has 0 aliphatic heterocycles. The number of amides is 1. The van der Waals surface area contributed by atoms with E-state index in [-0.39, 0.29) is 13.3 Å². The Morgan fingerprint density at radius 3 is 2.19 bits per heavy atom. The number of carbonyl (C=O) groups excluding carboxylic acids is 1. The van der Waals surface area contributed by atoms with Crippen molar-refractivity contribution in [3.05, 3.63) is 0 Å². The molecule has 2 N–H and O–H groups in total. The van der Waals surface area contributed by atoms with Crippen molar-refractivity contribution in [2.24, 2.45) is 0 Å². The van der Waals surface area contributed by atoms with E-state index in [1.165, 1.54) is 0 Å². The molecule has 0 saturated carbocycles. The van der Waals surface area contributed by atoms with E-state index in [1.807, 2.05) is 21.1 Å². The fraction of sp³-hybridized carbons (Fsp3) is 0.933. The van der Waals surface area contributed by atoms with E-state index in [4.69, 9.17) is 4.74 Å². The van der Waals surface area contributed by atoms with E-state index < -0.39 is 0 Å². The molecule has 0 unspecified atom stereocenters. The minimum absolute atomic E-state index is 0. The lowest BCUT2D eigenvalue weighted by Crippen LogP contribution is -2.52. The Kier molecular flexibility index (Phi) is 11.8. The number of ether oxygens (including phenoxy) is 1. The first-order valence-electron chi connectivity index (χ1n) is 7.34. The highest BCUT2D eigenvalue weighted by atomic mass is 16.5. The van der Waals surface area contributed by atoms with Gasteiger partial charge in [-0.3, -0.25) is 10.1 Å². The highest BCUT2D eigenvalue weighted by molar-refractivity contribution is 5.77. The van der Waals surface area contributed by atoms with Crippen molar-refractivity contribution in [3.8, 4) is 0 Å². The molecule has 0 saturated heterocycles. The number of nitrogens with zero attached hydrogens (tertiary/aromatic N) is 2. The molecule has 21 heavy (non-hydrogen) atoms. The number of likely N-dealkylation sites (N-methyl/N-ethyl adjacent to an activating group) is 1. The largest absolute Gasteiger partial charge is 0.376 e. The maximum atomic E-state index is 11.7. The summed E-state index contributed by atoms with van der Waals surface area (Å²) < 4.78 is 7.02. The molecule has 0 atom stereocenters. The number of hydrogen-bond acceptors (Lipinski definition) is 3. The zero-order chi connectivity index (χ0) is 15.6. The number of carbonyl (C=O) groups is 1. The van der Waals surface area contributed by atoms with Crippen LogP contribution in [-0.4, -0.2) is 89.8 Å². The maximum Gasteiger partial charge on any atom is 0.238 e. The molecular weight excluding hydrogens is 268 g/mol. The zero-order valence-corrected chi connectivity index (χ0v) is 14.2. The van der Waals surface area contributed by atoms with Crippen molar-refractivity contribution in [1.82, 2.24) is 10.6 Å². The van der Waals surface area contributed by atoms with E-state index in [9.17, 15) is 4.79 Å². The summed E-state index contributed by atoms with van der Waals surface area (Å²) >= 11 is 0. The van der Waals surface area contributed by atoms with Crippen LogP contribution < -0.4 is 10.6 Å². The van der Waals surface area contributed by atoms with Gasteiger partial charge in [0.05, 0.1) is 48.4 Å². The molecule has 0 rings (SSSR count). The molecule has 0 fully saturated rings. The SMILES string of the molecule is C.CCCOCC[N+](C)(C)CNCC(=O)NC[N+](C)(C)C. The molecule has 6 heteroatoms. The molecular formula is C15H38N4O2+2. The highest BCUT2D eigenvalue weighted by Gasteiger charge is 2.15. The van der Waals surface area contributed by atoms with Crippen LogP contribution in [0.2, 0.25) is 0 Å². The first kappa shape index (κ1) is 22.6. The van der Waals surface area contributed by atoms with Crippen molar-refractivity contribution in [1.29, 1.82) is 0 Å². The third-order valence-corrected chi connectivity index (χ3v) is 2.77. The van der Waals surface area contributed by atoms with Crippen LogP contribution in [0.1, 0.15) is 20.8 Å². The average molecular weight is 306 g/mol. The normalized spacial score (nSPS) is 11.9. The molecule has 0 aromatic heterocycles. The Balaban J connectivity index is 0. The summed E-state index contributed by atoms with van der Waals surface area (Å²) in [7, 11) is 10.4. The topological polar surface area (TPSA) is 50.4 Å². The van der Waals surface area contributed by atoms with Crippen molar-refractivity contribution < 1.29 is 18.5 Å². The Bertz CT molecular complexity index is 275. The summed E-state index contributed by atoms with van der Waals surface area (Å²) in [6, 6.07) is 0. The van der Waals surface area contributed by atoms with Crippen LogP contribution in [0.4, 0.5) is 0 Å². The van der Waals surface area contributed by atoms with Gasteiger partial charge < -0.3 is 19.0 Å². The third kappa shape index (κ3) is 15.5. The van der Waals surface area contributed by atoms with Gasteiger partial charge in [-0.15, -0.1) is 0 Å². The van der Waals surface area contributed by atoms with Gasteiger partial charge in [0.15, 0.2) is 6.67 Å². The fourth-order valence-electron chi connectivity index (χ4n) is 1.50. The second-order valence-corrected chi connectivity index (χ2v) is 6.90. The molecule has 0 aromatic carbocycles. The van der Waals surface area contributed by atoms with Crippen molar-refractivity contribution in [3.63, 3.8) is 0 Å². The van der Waals surface area contributed by atoms with Crippen LogP contribution in [0.25, 0.3) is 0 Å². The smallest absolute Gasteiger partial charge is 0.238 e. The lowest BCUT2D eigenvalue weighted by molar-refractivity contribution is -0.893. The molecule has 0 aliphatic rings. The number of hydrogen-bond donors (Lipinski definition) is 2. The van der Waals surface area contributed by atoms with E-state index in [0.29, 0.717) is 13.2 Å². The number of nitrogens with one attached hydrogen (secondary N) is 2. The van der Waals surface area contributed by atoms with Gasteiger partial charge in [0, 0.05) is 6.61 Å². The molecule has 0 bridgehead atoms. The first-order chi connectivity index (χ1) is 9.16. The molecule has 128 valence electrons. The van der Waals surface area contributed by atoms with Gasteiger partial charge in [-0.25, -0.2) is 0 Å². The molecule has 0 aromatic rings. The van der Waals surface area contributed by atoms with Crippen LogP contribution in [0.5, 0.6) is 0 Å². The average Bonchev–Trinajstić information content (AvgIpc) is 2.31. The van der Waals surface area contributed by atoms with E-state index in [2.05, 4.69) is 31.7 Å². The molecule has 0 heterocycles. The molecule has 0 aliphatic carbocycles. The third-order valence-electron chi connectivity index (χ3n) is 2.77. The fourth-order valence-corrected chi connectivity index (χ4v) is 1.50. The van der Waals surface area contributed by atoms with Crippen molar-refractivity contribution in [2.75, 3.05) is 74.9 Å². The summed E-state index contributed by atoms with van der Waals surface area (Å²) in [6.45, 7) is 6.38. The van der Waals surface area contributed by atoms with Gasteiger partial charge in [0.25, 0.3) is 0 Å².